The Bertz CT molecular complexity index is 470. The van der Waals surface area contributed by atoms with Gasteiger partial charge >= 0.3 is 0 Å². The normalized spacial score (nSPS) is 10.8. The van der Waals surface area contributed by atoms with Gasteiger partial charge < -0.3 is 10.0 Å². The number of hydrogen-bond donors (Lipinski definition) is 1. The lowest BCUT2D eigenvalue weighted by atomic mass is 10.4. The van der Waals surface area contributed by atoms with Crippen molar-refractivity contribution >= 4 is 39.4 Å². The summed E-state index contributed by atoms with van der Waals surface area (Å²) in [6.07, 6.45) is 0. The number of thiazole rings is 1. The molecule has 2 aromatic heterocycles. The Morgan fingerprint density at radius 2 is 2.35 bits per heavy atom. The summed E-state index contributed by atoms with van der Waals surface area (Å²) in [5, 5.41) is 12.5. The third-order valence-corrected chi connectivity index (χ3v) is 4.75. The van der Waals surface area contributed by atoms with Gasteiger partial charge in [-0.25, -0.2) is 4.98 Å². The van der Waals surface area contributed by atoms with Crippen LogP contribution >= 0.6 is 34.3 Å². The van der Waals surface area contributed by atoms with E-state index in [2.05, 4.69) is 28.3 Å². The van der Waals surface area contributed by atoms with Gasteiger partial charge in [0.25, 0.3) is 0 Å². The van der Waals surface area contributed by atoms with Crippen molar-refractivity contribution in [2.45, 2.75) is 20.1 Å². The molecule has 0 saturated carbocycles. The molecule has 0 fully saturated rings. The van der Waals surface area contributed by atoms with E-state index in [0.29, 0.717) is 5.15 Å². The quantitative estimate of drug-likeness (QED) is 0.916. The molecule has 0 bridgehead atoms. The topological polar surface area (TPSA) is 36.4 Å². The second kappa shape index (κ2) is 5.82. The molecule has 0 amide bonds. The Balaban J connectivity index is 2.17. The van der Waals surface area contributed by atoms with Gasteiger partial charge in [-0.05, 0) is 18.4 Å². The molecule has 2 aromatic rings. The van der Waals surface area contributed by atoms with E-state index in [4.69, 9.17) is 16.7 Å². The van der Waals surface area contributed by atoms with E-state index < -0.39 is 0 Å². The molecule has 0 aromatic carbocycles. The number of aliphatic hydroxyl groups is 1. The average Bonchev–Trinajstić information content (AvgIpc) is 2.95. The minimum absolute atomic E-state index is 0.0486. The van der Waals surface area contributed by atoms with E-state index in [0.717, 1.165) is 23.1 Å². The van der Waals surface area contributed by atoms with Crippen LogP contribution in [0.2, 0.25) is 5.15 Å². The molecule has 0 aliphatic heterocycles. The molecule has 0 radical (unpaired) electrons. The van der Waals surface area contributed by atoms with Gasteiger partial charge in [-0.3, -0.25) is 0 Å². The summed E-state index contributed by atoms with van der Waals surface area (Å²) >= 11 is 9.13. The van der Waals surface area contributed by atoms with Gasteiger partial charge in [0, 0.05) is 11.4 Å². The fourth-order valence-electron chi connectivity index (χ4n) is 1.46. The maximum absolute atomic E-state index is 9.11. The molecule has 0 atom stereocenters. The third-order valence-electron chi connectivity index (χ3n) is 2.36. The first-order valence-corrected chi connectivity index (χ1v) is 7.35. The van der Waals surface area contributed by atoms with E-state index in [1.165, 1.54) is 16.2 Å². The Labute approximate surface area is 113 Å². The Hall–Kier alpha value is -0.620. The Morgan fingerprint density at radius 1 is 1.53 bits per heavy atom. The van der Waals surface area contributed by atoms with Crippen LogP contribution in [0.3, 0.4) is 0 Å². The first kappa shape index (κ1) is 12.8. The van der Waals surface area contributed by atoms with Gasteiger partial charge in [0.15, 0.2) is 5.13 Å². The predicted octanol–water partition coefficient (Wildman–Crippen LogP) is 3.38. The van der Waals surface area contributed by atoms with Crippen molar-refractivity contribution in [3.05, 3.63) is 32.4 Å². The molecule has 1 N–H and O–H groups in total. The summed E-state index contributed by atoms with van der Waals surface area (Å²) < 4.78 is 0. The Kier molecular flexibility index (Phi) is 4.39. The zero-order chi connectivity index (χ0) is 12.3. The van der Waals surface area contributed by atoms with Crippen LogP contribution in [0.15, 0.2) is 17.5 Å². The minimum Gasteiger partial charge on any atom is -0.391 e. The molecule has 2 rings (SSSR count). The van der Waals surface area contributed by atoms with Crippen LogP contribution in [-0.4, -0.2) is 16.6 Å². The summed E-state index contributed by atoms with van der Waals surface area (Å²) in [7, 11) is 0. The molecule has 6 heteroatoms. The summed E-state index contributed by atoms with van der Waals surface area (Å²) in [6.45, 7) is 3.74. The van der Waals surface area contributed by atoms with Crippen LogP contribution in [0.5, 0.6) is 0 Å². The molecule has 0 unspecified atom stereocenters. The highest BCUT2D eigenvalue weighted by Crippen LogP contribution is 2.30. The van der Waals surface area contributed by atoms with Gasteiger partial charge in [-0.1, -0.05) is 29.0 Å². The maximum Gasteiger partial charge on any atom is 0.187 e. The van der Waals surface area contributed by atoms with Gasteiger partial charge in [-0.2, -0.15) is 0 Å². The number of hydrogen-bond acceptors (Lipinski definition) is 5. The summed E-state index contributed by atoms with van der Waals surface area (Å²) in [5.41, 5.74) is 0. The third kappa shape index (κ3) is 2.98. The number of halogens is 1. The van der Waals surface area contributed by atoms with E-state index in [1.54, 1.807) is 11.3 Å². The van der Waals surface area contributed by atoms with E-state index in [1.807, 2.05) is 6.07 Å². The molecule has 17 heavy (non-hydrogen) atoms. The molecule has 92 valence electrons. The molecule has 2 heterocycles. The lowest BCUT2D eigenvalue weighted by molar-refractivity contribution is 0.285. The average molecular weight is 289 g/mol. The van der Waals surface area contributed by atoms with E-state index >= 15 is 0 Å². The van der Waals surface area contributed by atoms with Crippen molar-refractivity contribution in [2.24, 2.45) is 0 Å². The van der Waals surface area contributed by atoms with Crippen molar-refractivity contribution in [1.29, 1.82) is 0 Å². The molecule has 3 nitrogen and oxygen atoms in total. The molecule has 0 spiro atoms. The molecule has 0 aliphatic rings. The molecular weight excluding hydrogens is 276 g/mol. The zero-order valence-electron chi connectivity index (χ0n) is 9.39. The van der Waals surface area contributed by atoms with Crippen LogP contribution in [0.4, 0.5) is 5.13 Å². The number of aliphatic hydroxyl groups excluding tert-OH is 1. The second-order valence-corrected chi connectivity index (χ2v) is 5.91. The van der Waals surface area contributed by atoms with E-state index in [9.17, 15) is 0 Å². The lowest BCUT2D eigenvalue weighted by Gasteiger charge is -2.18. The smallest absolute Gasteiger partial charge is 0.187 e. The van der Waals surface area contributed by atoms with Crippen LogP contribution < -0.4 is 4.90 Å². The molecule has 0 saturated heterocycles. The number of nitrogens with zero attached hydrogens (tertiary/aromatic N) is 2. The summed E-state index contributed by atoms with van der Waals surface area (Å²) in [6, 6.07) is 4.15. The number of rotatable bonds is 5. The maximum atomic E-state index is 9.11. The SMILES string of the molecule is CCN(Cc1cccs1)c1nc(Cl)c(CO)s1. The molecular formula is C11H13ClN2OS2. The standard InChI is InChI=1S/C11H13ClN2OS2/c1-2-14(6-8-4-3-5-16-8)11-13-10(12)9(7-15)17-11/h3-5,15H,2,6-7H2,1H3. The fraction of sp³-hybridized carbons (Fsp3) is 0.364. The van der Waals surface area contributed by atoms with Crippen LogP contribution in [0.1, 0.15) is 16.7 Å². The first-order valence-electron chi connectivity index (χ1n) is 5.28. The highest BCUT2D eigenvalue weighted by molar-refractivity contribution is 7.16. The van der Waals surface area contributed by atoms with Gasteiger partial charge in [0.05, 0.1) is 18.0 Å². The van der Waals surface area contributed by atoms with Crippen molar-refractivity contribution < 1.29 is 5.11 Å². The highest BCUT2D eigenvalue weighted by atomic mass is 35.5. The fourth-order valence-corrected chi connectivity index (χ4v) is 3.36. The van der Waals surface area contributed by atoms with Crippen molar-refractivity contribution in [1.82, 2.24) is 4.98 Å². The molecule has 0 aliphatic carbocycles. The number of anilines is 1. The van der Waals surface area contributed by atoms with Gasteiger partial charge in [0.2, 0.25) is 0 Å². The van der Waals surface area contributed by atoms with Gasteiger partial charge in [-0.15, -0.1) is 11.3 Å². The van der Waals surface area contributed by atoms with Crippen LogP contribution in [0.25, 0.3) is 0 Å². The number of aromatic nitrogens is 1. The summed E-state index contributed by atoms with van der Waals surface area (Å²) in [5.74, 6) is 0. The van der Waals surface area contributed by atoms with Gasteiger partial charge in [0.1, 0.15) is 5.15 Å². The van der Waals surface area contributed by atoms with Crippen molar-refractivity contribution in [3.63, 3.8) is 0 Å². The minimum atomic E-state index is -0.0486. The van der Waals surface area contributed by atoms with E-state index in [-0.39, 0.29) is 6.61 Å². The summed E-state index contributed by atoms with van der Waals surface area (Å²) in [4.78, 5) is 8.47. The van der Waals surface area contributed by atoms with Crippen LogP contribution in [0, 0.1) is 0 Å². The van der Waals surface area contributed by atoms with Crippen molar-refractivity contribution in [2.75, 3.05) is 11.4 Å². The zero-order valence-corrected chi connectivity index (χ0v) is 11.8. The Morgan fingerprint density at radius 3 is 2.88 bits per heavy atom. The van der Waals surface area contributed by atoms with Crippen molar-refractivity contribution in [3.8, 4) is 0 Å². The second-order valence-electron chi connectivity index (χ2n) is 3.46. The highest BCUT2D eigenvalue weighted by Gasteiger charge is 2.14. The number of thiophene rings is 1. The lowest BCUT2D eigenvalue weighted by Crippen LogP contribution is -2.21. The monoisotopic (exact) mass is 288 g/mol. The predicted molar refractivity (Wildman–Crippen MR) is 74.1 cm³/mol. The van der Waals surface area contributed by atoms with Crippen LogP contribution in [-0.2, 0) is 13.2 Å². The largest absolute Gasteiger partial charge is 0.391 e. The first-order chi connectivity index (χ1) is 8.24.